The standard InChI is InChI=1S/C60H47N/c1-59(2)55-22-10-8-18-51(55)53-37-32-45(39-57(53)59)44-30-35-48(36-31-44)61(47-33-28-43(29-34-47)42-26-24-41(25-27-42)40-14-6-5-7-15-40)49-17-12-16-46(38-49)50-20-13-21-54-52-19-9-11-23-56(52)60(3,4)58(50)54/h5-39H,1-4H3. The quantitative estimate of drug-likeness (QED) is 0.156. The van der Waals surface area contributed by atoms with Gasteiger partial charge in [-0.2, -0.15) is 0 Å². The van der Waals surface area contributed by atoms with E-state index in [0.717, 1.165) is 17.1 Å². The minimum Gasteiger partial charge on any atom is -0.310 e. The Morgan fingerprint density at radius 1 is 0.262 bits per heavy atom. The number of anilines is 3. The molecule has 9 aromatic carbocycles. The summed E-state index contributed by atoms with van der Waals surface area (Å²) in [6.07, 6.45) is 0. The highest BCUT2D eigenvalue weighted by Gasteiger charge is 2.38. The molecule has 0 aliphatic heterocycles. The number of hydrogen-bond donors (Lipinski definition) is 0. The normalized spacial score (nSPS) is 13.8. The van der Waals surface area contributed by atoms with Crippen LogP contribution in [0.25, 0.3) is 66.8 Å². The number of rotatable bonds is 7. The van der Waals surface area contributed by atoms with Crippen LogP contribution in [0, 0.1) is 0 Å². The minimum atomic E-state index is -0.112. The van der Waals surface area contributed by atoms with Crippen LogP contribution < -0.4 is 4.90 Å². The SMILES string of the molecule is CC1(C)c2ccccc2-c2ccc(-c3ccc(N(c4ccc(-c5ccc(-c6ccccc6)cc5)cc4)c4cccc(-c5cccc6c5C(C)(C)c5ccccc5-6)c4)cc3)cc21. The van der Waals surface area contributed by atoms with Crippen LogP contribution in [-0.2, 0) is 10.8 Å². The first-order valence-electron chi connectivity index (χ1n) is 21.5. The molecule has 0 atom stereocenters. The molecule has 1 nitrogen and oxygen atoms in total. The zero-order valence-electron chi connectivity index (χ0n) is 35.2. The highest BCUT2D eigenvalue weighted by atomic mass is 15.1. The summed E-state index contributed by atoms with van der Waals surface area (Å²) in [7, 11) is 0. The van der Waals surface area contributed by atoms with E-state index in [4.69, 9.17) is 0 Å². The molecule has 0 fully saturated rings. The molecule has 0 aromatic heterocycles. The molecule has 61 heavy (non-hydrogen) atoms. The summed E-state index contributed by atoms with van der Waals surface area (Å²) in [5, 5.41) is 0. The van der Waals surface area contributed by atoms with Crippen LogP contribution in [0.1, 0.15) is 49.9 Å². The van der Waals surface area contributed by atoms with Gasteiger partial charge in [0.25, 0.3) is 0 Å². The third kappa shape index (κ3) is 6.07. The van der Waals surface area contributed by atoms with Gasteiger partial charge in [-0.3, -0.25) is 0 Å². The van der Waals surface area contributed by atoms with Crippen LogP contribution in [-0.4, -0.2) is 0 Å². The van der Waals surface area contributed by atoms with E-state index in [1.807, 2.05) is 0 Å². The molecular formula is C60H47N. The summed E-state index contributed by atoms with van der Waals surface area (Å²) in [6.45, 7) is 9.45. The molecule has 292 valence electrons. The second-order valence-electron chi connectivity index (χ2n) is 17.8. The van der Waals surface area contributed by atoms with Crippen LogP contribution in [0.4, 0.5) is 17.1 Å². The van der Waals surface area contributed by atoms with Crippen LogP contribution in [0.3, 0.4) is 0 Å². The number of fused-ring (bicyclic) bond motifs is 6. The lowest BCUT2D eigenvalue weighted by atomic mass is 9.79. The van der Waals surface area contributed by atoms with Crippen molar-refractivity contribution in [3.8, 4) is 66.8 Å². The Balaban J connectivity index is 0.983. The smallest absolute Gasteiger partial charge is 0.0467 e. The molecular weight excluding hydrogens is 735 g/mol. The summed E-state index contributed by atoms with van der Waals surface area (Å²) in [5.74, 6) is 0. The van der Waals surface area contributed by atoms with Crippen molar-refractivity contribution in [3.05, 3.63) is 235 Å². The van der Waals surface area contributed by atoms with Crippen molar-refractivity contribution in [1.82, 2.24) is 0 Å². The highest BCUT2D eigenvalue weighted by molar-refractivity contribution is 5.90. The van der Waals surface area contributed by atoms with Gasteiger partial charge in [0.05, 0.1) is 0 Å². The maximum absolute atomic E-state index is 2.41. The predicted molar refractivity (Wildman–Crippen MR) is 258 cm³/mol. The Bertz CT molecular complexity index is 3100. The molecule has 0 N–H and O–H groups in total. The first-order valence-corrected chi connectivity index (χ1v) is 21.5. The van der Waals surface area contributed by atoms with Gasteiger partial charge in [0.2, 0.25) is 0 Å². The first-order chi connectivity index (χ1) is 29.8. The van der Waals surface area contributed by atoms with Crippen molar-refractivity contribution in [1.29, 1.82) is 0 Å². The van der Waals surface area contributed by atoms with E-state index in [-0.39, 0.29) is 10.8 Å². The van der Waals surface area contributed by atoms with Gasteiger partial charge in [-0.05, 0) is 131 Å². The Labute approximate surface area is 360 Å². The lowest BCUT2D eigenvalue weighted by Crippen LogP contribution is -2.16. The molecule has 9 aromatic rings. The fourth-order valence-corrected chi connectivity index (χ4v) is 10.3. The van der Waals surface area contributed by atoms with Crippen molar-refractivity contribution in [2.75, 3.05) is 4.90 Å². The van der Waals surface area contributed by atoms with Crippen molar-refractivity contribution in [2.24, 2.45) is 0 Å². The maximum Gasteiger partial charge on any atom is 0.0467 e. The summed E-state index contributed by atoms with van der Waals surface area (Å²) >= 11 is 0. The average molecular weight is 782 g/mol. The van der Waals surface area contributed by atoms with Crippen molar-refractivity contribution in [2.45, 2.75) is 38.5 Å². The molecule has 2 aliphatic carbocycles. The van der Waals surface area contributed by atoms with Gasteiger partial charge < -0.3 is 4.90 Å². The first kappa shape index (κ1) is 36.8. The van der Waals surface area contributed by atoms with E-state index in [1.54, 1.807) is 0 Å². The minimum absolute atomic E-state index is 0.0450. The van der Waals surface area contributed by atoms with E-state index in [9.17, 15) is 0 Å². The second kappa shape index (κ2) is 14.2. The summed E-state index contributed by atoms with van der Waals surface area (Å²) in [4.78, 5) is 2.40. The molecule has 0 radical (unpaired) electrons. The molecule has 11 rings (SSSR count). The Morgan fingerprint density at radius 3 is 1.33 bits per heavy atom. The zero-order valence-corrected chi connectivity index (χ0v) is 35.2. The molecule has 1 heteroatoms. The van der Waals surface area contributed by atoms with Gasteiger partial charge in [0.15, 0.2) is 0 Å². The van der Waals surface area contributed by atoms with E-state index in [0.29, 0.717) is 0 Å². The van der Waals surface area contributed by atoms with Crippen LogP contribution in [0.2, 0.25) is 0 Å². The average Bonchev–Trinajstić information content (AvgIpc) is 3.69. The van der Waals surface area contributed by atoms with Gasteiger partial charge in [0, 0.05) is 27.9 Å². The van der Waals surface area contributed by atoms with Gasteiger partial charge in [-0.15, -0.1) is 0 Å². The predicted octanol–water partition coefficient (Wildman–Crippen LogP) is 16.4. The van der Waals surface area contributed by atoms with Crippen LogP contribution in [0.5, 0.6) is 0 Å². The monoisotopic (exact) mass is 781 g/mol. The van der Waals surface area contributed by atoms with E-state index >= 15 is 0 Å². The molecule has 2 aliphatic rings. The highest BCUT2D eigenvalue weighted by Crippen LogP contribution is 2.53. The lowest BCUT2D eigenvalue weighted by Gasteiger charge is -2.28. The molecule has 0 spiro atoms. The van der Waals surface area contributed by atoms with Crippen molar-refractivity contribution >= 4 is 17.1 Å². The Hall–Kier alpha value is -7.22. The number of benzene rings is 9. The Morgan fingerprint density at radius 2 is 0.689 bits per heavy atom. The summed E-state index contributed by atoms with van der Waals surface area (Å²) < 4.78 is 0. The summed E-state index contributed by atoms with van der Waals surface area (Å²) in [6, 6.07) is 78.4. The molecule has 0 amide bonds. The van der Waals surface area contributed by atoms with Gasteiger partial charge in [-0.1, -0.05) is 198 Å². The van der Waals surface area contributed by atoms with Gasteiger partial charge >= 0.3 is 0 Å². The molecule has 0 heterocycles. The molecule has 0 saturated carbocycles. The summed E-state index contributed by atoms with van der Waals surface area (Å²) in [5.41, 5.74) is 23.9. The van der Waals surface area contributed by atoms with Gasteiger partial charge in [-0.25, -0.2) is 0 Å². The molecule has 0 saturated heterocycles. The number of nitrogens with zero attached hydrogens (tertiary/aromatic N) is 1. The lowest BCUT2D eigenvalue weighted by molar-refractivity contribution is 0.660. The number of hydrogen-bond acceptors (Lipinski definition) is 1. The maximum atomic E-state index is 2.41. The Kier molecular flexibility index (Phi) is 8.58. The van der Waals surface area contributed by atoms with Crippen molar-refractivity contribution in [3.63, 3.8) is 0 Å². The van der Waals surface area contributed by atoms with E-state index in [2.05, 4.69) is 245 Å². The molecule has 0 unspecified atom stereocenters. The third-order valence-electron chi connectivity index (χ3n) is 13.5. The van der Waals surface area contributed by atoms with E-state index < -0.39 is 0 Å². The van der Waals surface area contributed by atoms with Gasteiger partial charge in [0.1, 0.15) is 0 Å². The van der Waals surface area contributed by atoms with E-state index in [1.165, 1.54) is 89.0 Å². The third-order valence-corrected chi connectivity index (χ3v) is 13.5. The van der Waals surface area contributed by atoms with Crippen LogP contribution in [0.15, 0.2) is 212 Å². The second-order valence-corrected chi connectivity index (χ2v) is 17.8. The molecule has 0 bridgehead atoms. The van der Waals surface area contributed by atoms with Crippen LogP contribution >= 0.6 is 0 Å². The zero-order chi connectivity index (χ0) is 41.3. The fraction of sp³-hybridized carbons (Fsp3) is 0.100. The topological polar surface area (TPSA) is 3.24 Å². The van der Waals surface area contributed by atoms with Crippen molar-refractivity contribution < 1.29 is 0 Å². The fourth-order valence-electron chi connectivity index (χ4n) is 10.3. The largest absolute Gasteiger partial charge is 0.310 e.